The van der Waals surface area contributed by atoms with Crippen LogP contribution in [0, 0.1) is 6.92 Å². The van der Waals surface area contributed by atoms with E-state index >= 15 is 0 Å². The average Bonchev–Trinajstić information content (AvgIpc) is 2.79. The third-order valence-electron chi connectivity index (χ3n) is 3.75. The highest BCUT2D eigenvalue weighted by molar-refractivity contribution is 5.40. The van der Waals surface area contributed by atoms with Gasteiger partial charge in [-0.25, -0.2) is 0 Å². The van der Waals surface area contributed by atoms with Gasteiger partial charge < -0.3 is 14.8 Å². The molecule has 0 amide bonds. The summed E-state index contributed by atoms with van der Waals surface area (Å²) in [6.07, 6.45) is 3.70. The van der Waals surface area contributed by atoms with Crippen molar-refractivity contribution in [1.82, 2.24) is 5.32 Å². The smallest absolute Gasteiger partial charge is 0.123 e. The van der Waals surface area contributed by atoms with Crippen LogP contribution >= 0.6 is 0 Å². The van der Waals surface area contributed by atoms with Crippen LogP contribution in [-0.4, -0.2) is 31.9 Å². The first-order chi connectivity index (χ1) is 8.81. The monoisotopic (exact) mass is 247 g/mol. The number of ether oxygens (including phenoxy) is 2. The third kappa shape index (κ3) is 2.68. The van der Waals surface area contributed by atoms with E-state index in [1.165, 1.54) is 24.0 Å². The summed E-state index contributed by atoms with van der Waals surface area (Å²) in [5, 5.41) is 3.56. The van der Waals surface area contributed by atoms with Crippen molar-refractivity contribution in [3.63, 3.8) is 0 Å². The Hall–Kier alpha value is -1.06. The van der Waals surface area contributed by atoms with Crippen molar-refractivity contribution in [2.75, 3.05) is 19.8 Å². The zero-order valence-corrected chi connectivity index (χ0v) is 10.9. The highest BCUT2D eigenvalue weighted by Crippen LogP contribution is 2.29. The Balaban J connectivity index is 1.51. The van der Waals surface area contributed by atoms with Crippen LogP contribution in [0.1, 0.15) is 24.0 Å². The van der Waals surface area contributed by atoms with Gasteiger partial charge in [0.2, 0.25) is 0 Å². The van der Waals surface area contributed by atoms with Crippen molar-refractivity contribution in [3.05, 3.63) is 29.3 Å². The minimum Gasteiger partial charge on any atom is -0.488 e. The molecule has 3 rings (SSSR count). The van der Waals surface area contributed by atoms with Crippen molar-refractivity contribution >= 4 is 0 Å². The SMILES string of the molecule is Cc1ccc2c(c1)CC(CNC1CCCOC1)O2. The van der Waals surface area contributed by atoms with Crippen LogP contribution in [0.2, 0.25) is 0 Å². The van der Waals surface area contributed by atoms with Crippen LogP contribution < -0.4 is 10.1 Å². The van der Waals surface area contributed by atoms with E-state index in [1.54, 1.807) is 0 Å². The summed E-state index contributed by atoms with van der Waals surface area (Å²) >= 11 is 0. The highest BCUT2D eigenvalue weighted by Gasteiger charge is 2.24. The van der Waals surface area contributed by atoms with E-state index < -0.39 is 0 Å². The van der Waals surface area contributed by atoms with Crippen molar-refractivity contribution in [2.45, 2.75) is 38.3 Å². The molecule has 2 unspecified atom stereocenters. The Morgan fingerprint density at radius 3 is 3.17 bits per heavy atom. The lowest BCUT2D eigenvalue weighted by Gasteiger charge is -2.24. The first-order valence-corrected chi connectivity index (χ1v) is 6.88. The maximum Gasteiger partial charge on any atom is 0.123 e. The molecule has 0 spiro atoms. The summed E-state index contributed by atoms with van der Waals surface area (Å²) in [6.45, 7) is 4.81. The molecule has 2 aliphatic heterocycles. The molecule has 0 radical (unpaired) electrons. The summed E-state index contributed by atoms with van der Waals surface area (Å²) < 4.78 is 11.4. The van der Waals surface area contributed by atoms with Gasteiger partial charge in [0, 0.05) is 25.6 Å². The molecule has 98 valence electrons. The number of aryl methyl sites for hydroxylation is 1. The standard InChI is InChI=1S/C15H21NO2/c1-11-4-5-15-12(7-11)8-14(18-15)9-16-13-3-2-6-17-10-13/h4-5,7,13-14,16H,2-3,6,8-10H2,1H3. The predicted octanol–water partition coefficient (Wildman–Crippen LogP) is 2.07. The van der Waals surface area contributed by atoms with Crippen molar-refractivity contribution < 1.29 is 9.47 Å². The molecule has 0 aromatic heterocycles. The molecule has 3 nitrogen and oxygen atoms in total. The topological polar surface area (TPSA) is 30.5 Å². The quantitative estimate of drug-likeness (QED) is 0.887. The summed E-state index contributed by atoms with van der Waals surface area (Å²) in [4.78, 5) is 0. The summed E-state index contributed by atoms with van der Waals surface area (Å²) in [6, 6.07) is 6.95. The number of fused-ring (bicyclic) bond motifs is 1. The molecule has 0 bridgehead atoms. The van der Waals surface area contributed by atoms with E-state index in [4.69, 9.17) is 9.47 Å². The molecule has 1 aromatic rings. The molecule has 2 atom stereocenters. The van der Waals surface area contributed by atoms with Gasteiger partial charge in [0.05, 0.1) is 6.61 Å². The first-order valence-electron chi connectivity index (χ1n) is 6.88. The zero-order chi connectivity index (χ0) is 12.4. The lowest BCUT2D eigenvalue weighted by Crippen LogP contribution is -2.41. The van der Waals surface area contributed by atoms with E-state index in [1.807, 2.05) is 0 Å². The number of benzene rings is 1. The summed E-state index contributed by atoms with van der Waals surface area (Å²) in [5.41, 5.74) is 2.66. The molecule has 1 N–H and O–H groups in total. The molecule has 1 saturated heterocycles. The first kappa shape index (κ1) is 12.0. The lowest BCUT2D eigenvalue weighted by molar-refractivity contribution is 0.0666. The Morgan fingerprint density at radius 1 is 1.39 bits per heavy atom. The highest BCUT2D eigenvalue weighted by atomic mass is 16.5. The number of rotatable bonds is 3. The molecule has 1 fully saturated rings. The molecule has 1 aromatic carbocycles. The second kappa shape index (κ2) is 5.29. The number of hydrogen-bond acceptors (Lipinski definition) is 3. The molecule has 0 saturated carbocycles. The second-order valence-electron chi connectivity index (χ2n) is 5.38. The van der Waals surface area contributed by atoms with Gasteiger partial charge in [-0.2, -0.15) is 0 Å². The van der Waals surface area contributed by atoms with Gasteiger partial charge in [-0.3, -0.25) is 0 Å². The summed E-state index contributed by atoms with van der Waals surface area (Å²) in [5.74, 6) is 1.06. The molecule has 3 heteroatoms. The predicted molar refractivity (Wildman–Crippen MR) is 71.1 cm³/mol. The molecule has 18 heavy (non-hydrogen) atoms. The molecule has 2 heterocycles. The number of nitrogens with one attached hydrogen (secondary N) is 1. The van der Waals surface area contributed by atoms with Crippen LogP contribution in [0.15, 0.2) is 18.2 Å². The maximum atomic E-state index is 5.95. The van der Waals surface area contributed by atoms with Gasteiger partial charge >= 0.3 is 0 Å². The molecule has 2 aliphatic rings. The normalized spacial score (nSPS) is 26.7. The van der Waals surface area contributed by atoms with Gasteiger partial charge in [-0.05, 0) is 31.4 Å². The minimum absolute atomic E-state index is 0.281. The van der Waals surface area contributed by atoms with Gasteiger partial charge in [0.1, 0.15) is 11.9 Å². The maximum absolute atomic E-state index is 5.95. The van der Waals surface area contributed by atoms with Crippen molar-refractivity contribution in [2.24, 2.45) is 0 Å². The Kier molecular flexibility index (Phi) is 3.52. The van der Waals surface area contributed by atoms with Gasteiger partial charge in [-0.15, -0.1) is 0 Å². The fraction of sp³-hybridized carbons (Fsp3) is 0.600. The Bertz CT molecular complexity index is 413. The third-order valence-corrected chi connectivity index (χ3v) is 3.75. The second-order valence-corrected chi connectivity index (χ2v) is 5.38. The Labute approximate surface area is 108 Å². The number of hydrogen-bond donors (Lipinski definition) is 1. The van der Waals surface area contributed by atoms with Crippen molar-refractivity contribution in [3.8, 4) is 5.75 Å². The van der Waals surface area contributed by atoms with Crippen LogP contribution in [0.25, 0.3) is 0 Å². The average molecular weight is 247 g/mol. The largest absolute Gasteiger partial charge is 0.488 e. The summed E-state index contributed by atoms with van der Waals surface area (Å²) in [7, 11) is 0. The van der Waals surface area contributed by atoms with E-state index in [0.717, 1.165) is 31.9 Å². The van der Waals surface area contributed by atoms with Gasteiger partial charge in [0.25, 0.3) is 0 Å². The van der Waals surface area contributed by atoms with Crippen LogP contribution in [-0.2, 0) is 11.2 Å². The molecular weight excluding hydrogens is 226 g/mol. The van der Waals surface area contributed by atoms with Gasteiger partial charge in [0.15, 0.2) is 0 Å². The molecular formula is C15H21NO2. The van der Waals surface area contributed by atoms with E-state index in [0.29, 0.717) is 6.04 Å². The van der Waals surface area contributed by atoms with E-state index in [-0.39, 0.29) is 6.10 Å². The molecule has 0 aliphatic carbocycles. The lowest BCUT2D eigenvalue weighted by atomic mass is 10.1. The van der Waals surface area contributed by atoms with Crippen molar-refractivity contribution in [1.29, 1.82) is 0 Å². The Morgan fingerprint density at radius 2 is 2.33 bits per heavy atom. The zero-order valence-electron chi connectivity index (χ0n) is 10.9. The van der Waals surface area contributed by atoms with Crippen LogP contribution in [0.4, 0.5) is 0 Å². The fourth-order valence-electron chi connectivity index (χ4n) is 2.76. The minimum atomic E-state index is 0.281. The van der Waals surface area contributed by atoms with E-state index in [2.05, 4.69) is 30.4 Å². The fourth-order valence-corrected chi connectivity index (χ4v) is 2.76. The van der Waals surface area contributed by atoms with Crippen LogP contribution in [0.3, 0.4) is 0 Å². The van der Waals surface area contributed by atoms with Crippen LogP contribution in [0.5, 0.6) is 5.75 Å². The van der Waals surface area contributed by atoms with Gasteiger partial charge in [-0.1, -0.05) is 17.7 Å². The van der Waals surface area contributed by atoms with E-state index in [9.17, 15) is 0 Å².